The van der Waals surface area contributed by atoms with Crippen LogP contribution in [0.1, 0.15) is 17.2 Å². The number of hydrogen-bond acceptors (Lipinski definition) is 6. The van der Waals surface area contributed by atoms with Gasteiger partial charge in [0, 0.05) is 57.7 Å². The first kappa shape index (κ1) is 27.4. The number of halogens is 3. The number of piperazine rings is 1. The van der Waals surface area contributed by atoms with E-state index in [1.165, 1.54) is 0 Å². The number of carbonyl (C=O) groups excluding carboxylic acids is 1. The number of rotatable bonds is 6. The van der Waals surface area contributed by atoms with Gasteiger partial charge in [0.15, 0.2) is 0 Å². The van der Waals surface area contributed by atoms with Gasteiger partial charge in [-0.25, -0.2) is 4.98 Å². The molecule has 2 N–H and O–H groups in total. The summed E-state index contributed by atoms with van der Waals surface area (Å²) >= 11 is 0. The van der Waals surface area contributed by atoms with Crippen LogP contribution in [-0.4, -0.2) is 65.8 Å². The van der Waals surface area contributed by atoms with Crippen molar-refractivity contribution in [2.75, 3.05) is 45.2 Å². The van der Waals surface area contributed by atoms with E-state index in [-0.39, 0.29) is 43.1 Å². The Hall–Kier alpha value is -1.58. The van der Waals surface area contributed by atoms with E-state index in [1.54, 1.807) is 17.9 Å². The molecule has 1 saturated heterocycles. The van der Waals surface area contributed by atoms with Gasteiger partial charge >= 0.3 is 0 Å². The Labute approximate surface area is 190 Å². The molecule has 8 nitrogen and oxygen atoms in total. The molecule has 0 saturated carbocycles. The molecule has 0 radical (unpaired) electrons. The van der Waals surface area contributed by atoms with Gasteiger partial charge in [0.2, 0.25) is 5.91 Å². The number of nitrogens with zero attached hydrogens (tertiary/aromatic N) is 5. The summed E-state index contributed by atoms with van der Waals surface area (Å²) in [6.45, 7) is 4.55. The van der Waals surface area contributed by atoms with E-state index in [0.29, 0.717) is 6.54 Å². The van der Waals surface area contributed by atoms with Crippen molar-refractivity contribution >= 4 is 48.9 Å². The number of anilines is 1. The van der Waals surface area contributed by atoms with Crippen LogP contribution >= 0.6 is 37.2 Å². The van der Waals surface area contributed by atoms with Gasteiger partial charge in [-0.3, -0.25) is 9.48 Å². The largest absolute Gasteiger partial charge is 0.354 e. The van der Waals surface area contributed by atoms with Crippen molar-refractivity contribution in [2.24, 2.45) is 7.05 Å². The van der Waals surface area contributed by atoms with Crippen LogP contribution < -0.4 is 15.5 Å². The van der Waals surface area contributed by atoms with Gasteiger partial charge in [-0.1, -0.05) is 6.07 Å². The molecule has 1 fully saturated rings. The van der Waals surface area contributed by atoms with E-state index < -0.39 is 6.04 Å². The van der Waals surface area contributed by atoms with Gasteiger partial charge in [-0.05, 0) is 25.7 Å². The van der Waals surface area contributed by atoms with Gasteiger partial charge in [0.05, 0.1) is 6.20 Å². The molecule has 11 heteroatoms. The Balaban J connectivity index is 0.00000261. The number of likely N-dealkylation sites (N-methyl/N-ethyl adjacent to an activating group) is 2. The third kappa shape index (κ3) is 7.31. The maximum atomic E-state index is 12.5. The highest BCUT2D eigenvalue weighted by molar-refractivity contribution is 5.86. The summed E-state index contributed by atoms with van der Waals surface area (Å²) in [7, 11) is 5.74. The first-order valence-corrected chi connectivity index (χ1v) is 8.89. The van der Waals surface area contributed by atoms with Gasteiger partial charge in [-0.2, -0.15) is 5.10 Å². The zero-order valence-corrected chi connectivity index (χ0v) is 19.3. The quantitative estimate of drug-likeness (QED) is 0.670. The number of aryl methyl sites for hydroxylation is 1. The smallest absolute Gasteiger partial charge is 0.242 e. The monoisotopic (exact) mass is 465 g/mol. The molecule has 0 spiro atoms. The Morgan fingerprint density at radius 3 is 2.31 bits per heavy atom. The van der Waals surface area contributed by atoms with Crippen LogP contribution in [0.3, 0.4) is 0 Å². The second-order valence-corrected chi connectivity index (χ2v) is 6.70. The Morgan fingerprint density at radius 2 is 1.79 bits per heavy atom. The predicted molar refractivity (Wildman–Crippen MR) is 123 cm³/mol. The molecular formula is C18H30Cl3N7O. The molecule has 2 aromatic rings. The van der Waals surface area contributed by atoms with Gasteiger partial charge < -0.3 is 20.4 Å². The second-order valence-electron chi connectivity index (χ2n) is 6.70. The first-order chi connectivity index (χ1) is 12.6. The fourth-order valence-electron chi connectivity index (χ4n) is 3.07. The van der Waals surface area contributed by atoms with E-state index in [0.717, 1.165) is 43.1 Å². The van der Waals surface area contributed by atoms with Crippen LogP contribution in [0, 0.1) is 0 Å². The lowest BCUT2D eigenvalue weighted by molar-refractivity contribution is -0.123. The van der Waals surface area contributed by atoms with E-state index in [2.05, 4.69) is 37.6 Å². The van der Waals surface area contributed by atoms with Gasteiger partial charge in [0.1, 0.15) is 11.9 Å². The number of amides is 1. The molecule has 164 valence electrons. The molecule has 1 aliphatic rings. The second kappa shape index (κ2) is 12.9. The van der Waals surface area contributed by atoms with Crippen molar-refractivity contribution in [3.8, 4) is 0 Å². The van der Waals surface area contributed by atoms with Crippen LogP contribution in [0.15, 0.2) is 30.7 Å². The molecule has 29 heavy (non-hydrogen) atoms. The maximum Gasteiger partial charge on any atom is 0.242 e. The van der Waals surface area contributed by atoms with Crippen molar-refractivity contribution < 1.29 is 4.79 Å². The van der Waals surface area contributed by atoms with Crippen molar-refractivity contribution in [3.63, 3.8) is 0 Å². The molecule has 1 aliphatic heterocycles. The Bertz CT molecular complexity index is 733. The Kier molecular flexibility index (Phi) is 12.2. The lowest BCUT2D eigenvalue weighted by atomic mass is 10.1. The molecule has 3 rings (SSSR count). The number of hydrogen-bond donors (Lipinski definition) is 2. The van der Waals surface area contributed by atoms with Crippen LogP contribution in [0.4, 0.5) is 5.82 Å². The normalized spacial score (nSPS) is 14.8. The lowest BCUT2D eigenvalue weighted by Crippen LogP contribution is -2.44. The summed E-state index contributed by atoms with van der Waals surface area (Å²) in [5, 5.41) is 10.1. The molecule has 2 aromatic heterocycles. The fraction of sp³-hybridized carbons (Fsp3) is 0.500. The average molecular weight is 467 g/mol. The van der Waals surface area contributed by atoms with Crippen LogP contribution in [-0.2, 0) is 18.4 Å². The zero-order valence-electron chi connectivity index (χ0n) is 16.9. The molecular weight excluding hydrogens is 437 g/mol. The van der Waals surface area contributed by atoms with Crippen molar-refractivity contribution in [1.29, 1.82) is 0 Å². The fourth-order valence-corrected chi connectivity index (χ4v) is 3.07. The summed E-state index contributed by atoms with van der Waals surface area (Å²) < 4.78 is 1.69. The average Bonchev–Trinajstić information content (AvgIpc) is 3.08. The van der Waals surface area contributed by atoms with E-state index in [9.17, 15) is 4.79 Å². The summed E-state index contributed by atoms with van der Waals surface area (Å²) in [5.74, 6) is 0.917. The summed E-state index contributed by atoms with van der Waals surface area (Å²) in [5.41, 5.74) is 1.83. The molecule has 0 aromatic carbocycles. The minimum atomic E-state index is -0.415. The maximum absolute atomic E-state index is 12.5. The summed E-state index contributed by atoms with van der Waals surface area (Å²) in [6.07, 6.45) is 5.38. The highest BCUT2D eigenvalue weighted by Gasteiger charge is 2.20. The van der Waals surface area contributed by atoms with E-state index >= 15 is 0 Å². The van der Waals surface area contributed by atoms with Crippen LogP contribution in [0.5, 0.6) is 0 Å². The predicted octanol–water partition coefficient (Wildman–Crippen LogP) is 1.41. The van der Waals surface area contributed by atoms with Crippen LogP contribution in [0.2, 0.25) is 0 Å². The highest BCUT2D eigenvalue weighted by Crippen LogP contribution is 2.14. The molecule has 3 heterocycles. The number of pyridine rings is 1. The van der Waals surface area contributed by atoms with Crippen molar-refractivity contribution in [2.45, 2.75) is 12.6 Å². The third-order valence-electron chi connectivity index (χ3n) is 4.71. The van der Waals surface area contributed by atoms with E-state index in [1.807, 2.05) is 31.6 Å². The molecule has 0 aliphatic carbocycles. The molecule has 0 bridgehead atoms. The number of nitrogens with one attached hydrogen (secondary N) is 2. The number of carbonyl (C=O) groups is 1. The first-order valence-electron chi connectivity index (χ1n) is 8.89. The topological polar surface area (TPSA) is 78.3 Å². The van der Waals surface area contributed by atoms with Crippen molar-refractivity contribution in [3.05, 3.63) is 41.9 Å². The summed E-state index contributed by atoms with van der Waals surface area (Å²) in [4.78, 5) is 21.6. The summed E-state index contributed by atoms with van der Waals surface area (Å²) in [6, 6.07) is 3.64. The molecule has 1 unspecified atom stereocenters. The molecule has 1 amide bonds. The van der Waals surface area contributed by atoms with Crippen LogP contribution in [0.25, 0.3) is 0 Å². The standard InChI is InChI=1S/C18H27N7O.3ClH/c1-19-17(15-12-22-24(3)13-15)18(26)21-11-14-4-5-16(20-10-14)25-8-6-23(2)7-9-25;;;/h4-5,10,12-13,17,19H,6-9,11H2,1-3H3,(H,21,26);3*1H. The SMILES string of the molecule is CNC(C(=O)NCc1ccc(N2CCN(C)CC2)nc1)c1cnn(C)c1.Cl.Cl.Cl. The third-order valence-corrected chi connectivity index (χ3v) is 4.71. The zero-order chi connectivity index (χ0) is 18.5. The highest BCUT2D eigenvalue weighted by atomic mass is 35.5. The minimum Gasteiger partial charge on any atom is -0.354 e. The number of aromatic nitrogens is 3. The lowest BCUT2D eigenvalue weighted by Gasteiger charge is -2.33. The minimum absolute atomic E-state index is 0. The van der Waals surface area contributed by atoms with E-state index in [4.69, 9.17) is 0 Å². The van der Waals surface area contributed by atoms with Crippen molar-refractivity contribution in [1.82, 2.24) is 30.3 Å². The Morgan fingerprint density at radius 1 is 1.10 bits per heavy atom. The van der Waals surface area contributed by atoms with Gasteiger partial charge in [0.25, 0.3) is 0 Å². The molecule has 1 atom stereocenters. The van der Waals surface area contributed by atoms with Gasteiger partial charge in [-0.15, -0.1) is 37.2 Å².